The van der Waals surface area contributed by atoms with Crippen molar-refractivity contribution in [2.75, 3.05) is 54.4 Å². The summed E-state index contributed by atoms with van der Waals surface area (Å²) in [7, 11) is 0. The summed E-state index contributed by atoms with van der Waals surface area (Å²) in [6.07, 6.45) is 2.29. The van der Waals surface area contributed by atoms with Crippen LogP contribution in [0.25, 0.3) is 0 Å². The summed E-state index contributed by atoms with van der Waals surface area (Å²) in [4.78, 5) is 22.4. The molecule has 0 aliphatic carbocycles. The Balaban J connectivity index is 1.48. The van der Waals surface area contributed by atoms with Gasteiger partial charge in [0.15, 0.2) is 0 Å². The lowest BCUT2D eigenvalue weighted by Gasteiger charge is -2.32. The molecule has 2 aliphatic rings. The van der Waals surface area contributed by atoms with Crippen molar-refractivity contribution in [2.24, 2.45) is 5.92 Å². The highest BCUT2D eigenvalue weighted by Crippen LogP contribution is 2.26. The number of anilines is 3. The predicted octanol–water partition coefficient (Wildman–Crippen LogP) is 3.29. The Hall–Kier alpha value is -2.60. The van der Waals surface area contributed by atoms with Crippen molar-refractivity contribution in [1.29, 1.82) is 0 Å². The maximum atomic E-state index is 13.0. The van der Waals surface area contributed by atoms with Crippen LogP contribution in [0.15, 0.2) is 36.4 Å². The van der Waals surface area contributed by atoms with Crippen molar-refractivity contribution in [3.05, 3.63) is 47.7 Å². The zero-order valence-corrected chi connectivity index (χ0v) is 17.4. The largest absolute Gasteiger partial charge is 0.369 e. The number of benzene rings is 1. The highest BCUT2D eigenvalue weighted by molar-refractivity contribution is 6.07. The lowest BCUT2D eigenvalue weighted by atomic mass is 9.99. The van der Waals surface area contributed by atoms with Crippen LogP contribution in [0.3, 0.4) is 0 Å². The highest BCUT2D eigenvalue weighted by Gasteiger charge is 2.22. The fourth-order valence-electron chi connectivity index (χ4n) is 4.06. The molecule has 0 saturated carbocycles. The fraction of sp³-hybridized carbons (Fsp3) is 0.478. The van der Waals surface area contributed by atoms with Crippen LogP contribution in [0.2, 0.25) is 0 Å². The van der Waals surface area contributed by atoms with Crippen LogP contribution in [0.4, 0.5) is 17.2 Å². The van der Waals surface area contributed by atoms with E-state index in [9.17, 15) is 4.79 Å². The third-order valence-corrected chi connectivity index (χ3v) is 5.95. The summed E-state index contributed by atoms with van der Waals surface area (Å²) in [5.41, 5.74) is 3.60. The molecular weight excluding hydrogens is 362 g/mol. The number of hydrogen-bond acceptors (Lipinski definition) is 5. The zero-order valence-electron chi connectivity index (χ0n) is 17.4. The van der Waals surface area contributed by atoms with Crippen LogP contribution in [0, 0.1) is 12.8 Å². The number of nitrogens with one attached hydrogen (secondary N) is 2. The van der Waals surface area contributed by atoms with E-state index in [-0.39, 0.29) is 5.91 Å². The first kappa shape index (κ1) is 19.7. The second kappa shape index (κ2) is 8.82. The summed E-state index contributed by atoms with van der Waals surface area (Å²) in [5, 5.41) is 6.43. The van der Waals surface area contributed by atoms with E-state index in [4.69, 9.17) is 4.98 Å². The average Bonchev–Trinajstić information content (AvgIpc) is 2.75. The van der Waals surface area contributed by atoms with Crippen molar-refractivity contribution in [3.8, 4) is 0 Å². The molecule has 6 nitrogen and oxygen atoms in total. The molecule has 2 N–H and O–H groups in total. The maximum absolute atomic E-state index is 13.0. The van der Waals surface area contributed by atoms with Crippen molar-refractivity contribution >= 4 is 23.1 Å². The van der Waals surface area contributed by atoms with Crippen LogP contribution in [0.5, 0.6) is 0 Å². The van der Waals surface area contributed by atoms with E-state index in [0.717, 1.165) is 75.2 Å². The van der Waals surface area contributed by atoms with Crippen LogP contribution in [0.1, 0.15) is 35.8 Å². The molecule has 1 aromatic carbocycles. The molecule has 2 saturated heterocycles. The molecule has 1 aromatic heterocycles. The van der Waals surface area contributed by atoms with Gasteiger partial charge in [-0.15, -0.1) is 0 Å². The first-order valence-electron chi connectivity index (χ1n) is 10.7. The van der Waals surface area contributed by atoms with Gasteiger partial charge in [0, 0.05) is 56.3 Å². The van der Waals surface area contributed by atoms with Crippen LogP contribution in [-0.4, -0.2) is 50.2 Å². The highest BCUT2D eigenvalue weighted by atomic mass is 16.1. The minimum atomic E-state index is -0.0963. The molecule has 154 valence electrons. The third kappa shape index (κ3) is 4.70. The quantitative estimate of drug-likeness (QED) is 0.835. The summed E-state index contributed by atoms with van der Waals surface area (Å²) in [6, 6.07) is 12.0. The van der Waals surface area contributed by atoms with Crippen molar-refractivity contribution in [1.82, 2.24) is 10.3 Å². The standard InChI is InChI=1S/C23H31N5O/c1-17-9-13-28(14-10-17)22-21(8-3-18(2)25-22)23(29)26-19-4-6-20(7-5-19)27-15-11-24-12-16-27/h3-8,17,24H,9-16H2,1-2H3,(H,26,29). The first-order valence-corrected chi connectivity index (χ1v) is 10.7. The van der Waals surface area contributed by atoms with Gasteiger partial charge in [-0.05, 0) is 62.1 Å². The summed E-state index contributed by atoms with van der Waals surface area (Å²) in [6.45, 7) is 10.2. The van der Waals surface area contributed by atoms with Crippen molar-refractivity contribution in [3.63, 3.8) is 0 Å². The number of aromatic nitrogens is 1. The second-order valence-electron chi connectivity index (χ2n) is 8.23. The van der Waals surface area contributed by atoms with E-state index in [0.29, 0.717) is 5.56 Å². The third-order valence-electron chi connectivity index (χ3n) is 5.95. The number of aryl methyl sites for hydroxylation is 1. The van der Waals surface area contributed by atoms with Crippen LogP contribution < -0.4 is 20.4 Å². The normalized spacial score (nSPS) is 18.0. The second-order valence-corrected chi connectivity index (χ2v) is 8.23. The summed E-state index contributed by atoms with van der Waals surface area (Å²) in [5.74, 6) is 1.45. The lowest BCUT2D eigenvalue weighted by Crippen LogP contribution is -2.43. The molecule has 29 heavy (non-hydrogen) atoms. The van der Waals surface area contributed by atoms with Gasteiger partial charge < -0.3 is 20.4 Å². The van der Waals surface area contributed by atoms with Gasteiger partial charge in [0.25, 0.3) is 5.91 Å². The number of nitrogens with zero attached hydrogens (tertiary/aromatic N) is 3. The van der Waals surface area contributed by atoms with Crippen LogP contribution in [-0.2, 0) is 0 Å². The summed E-state index contributed by atoms with van der Waals surface area (Å²) < 4.78 is 0. The Morgan fingerprint density at radius 1 is 1.00 bits per heavy atom. The average molecular weight is 394 g/mol. The molecular formula is C23H31N5O. The van der Waals surface area contributed by atoms with E-state index in [1.54, 1.807) is 0 Å². The van der Waals surface area contributed by atoms with Gasteiger partial charge in [-0.1, -0.05) is 6.92 Å². The number of piperazine rings is 1. The van der Waals surface area contributed by atoms with Crippen molar-refractivity contribution in [2.45, 2.75) is 26.7 Å². The van der Waals surface area contributed by atoms with Gasteiger partial charge in [0.1, 0.15) is 5.82 Å². The van der Waals surface area contributed by atoms with E-state index in [1.807, 2.05) is 31.2 Å². The number of carbonyl (C=O) groups is 1. The molecule has 0 unspecified atom stereocenters. The van der Waals surface area contributed by atoms with Gasteiger partial charge in [0.05, 0.1) is 5.56 Å². The zero-order chi connectivity index (χ0) is 20.2. The molecule has 1 amide bonds. The Labute approximate surface area is 173 Å². The minimum absolute atomic E-state index is 0.0963. The van der Waals surface area contributed by atoms with E-state index in [1.165, 1.54) is 5.69 Å². The van der Waals surface area contributed by atoms with Gasteiger partial charge in [-0.3, -0.25) is 4.79 Å². The molecule has 2 aliphatic heterocycles. The molecule has 0 bridgehead atoms. The molecule has 0 spiro atoms. The predicted molar refractivity (Wildman–Crippen MR) is 119 cm³/mol. The molecule has 2 fully saturated rings. The first-order chi connectivity index (χ1) is 14.1. The topological polar surface area (TPSA) is 60.5 Å². The number of rotatable bonds is 4. The monoisotopic (exact) mass is 393 g/mol. The molecule has 0 radical (unpaired) electrons. The molecule has 4 rings (SSSR count). The van der Waals surface area contributed by atoms with E-state index >= 15 is 0 Å². The van der Waals surface area contributed by atoms with Crippen LogP contribution >= 0.6 is 0 Å². The number of carbonyl (C=O) groups excluding carboxylic acids is 1. The SMILES string of the molecule is Cc1ccc(C(=O)Nc2ccc(N3CCNCC3)cc2)c(N2CCC(C)CC2)n1. The van der Waals surface area contributed by atoms with Gasteiger partial charge in [-0.25, -0.2) is 4.98 Å². The smallest absolute Gasteiger partial charge is 0.259 e. The van der Waals surface area contributed by atoms with Crippen molar-refractivity contribution < 1.29 is 4.79 Å². The Morgan fingerprint density at radius 3 is 2.38 bits per heavy atom. The Bertz CT molecular complexity index is 837. The molecule has 2 aromatic rings. The maximum Gasteiger partial charge on any atom is 0.259 e. The fourth-order valence-corrected chi connectivity index (χ4v) is 4.06. The van der Waals surface area contributed by atoms with Gasteiger partial charge in [0.2, 0.25) is 0 Å². The number of piperidine rings is 1. The number of hydrogen-bond donors (Lipinski definition) is 2. The molecule has 3 heterocycles. The Kier molecular flexibility index (Phi) is 6.00. The minimum Gasteiger partial charge on any atom is -0.369 e. The molecule has 6 heteroatoms. The van der Waals surface area contributed by atoms with Gasteiger partial charge in [-0.2, -0.15) is 0 Å². The van der Waals surface area contributed by atoms with E-state index in [2.05, 4.69) is 39.5 Å². The lowest BCUT2D eigenvalue weighted by molar-refractivity contribution is 0.102. The number of amides is 1. The summed E-state index contributed by atoms with van der Waals surface area (Å²) >= 11 is 0. The van der Waals surface area contributed by atoms with Gasteiger partial charge >= 0.3 is 0 Å². The van der Waals surface area contributed by atoms with E-state index < -0.39 is 0 Å². The number of pyridine rings is 1. The Morgan fingerprint density at radius 2 is 1.69 bits per heavy atom. The molecule has 0 atom stereocenters.